The number of anilines is 1. The van der Waals surface area contributed by atoms with Crippen molar-refractivity contribution in [1.29, 1.82) is 0 Å². The van der Waals surface area contributed by atoms with Gasteiger partial charge in [0.25, 0.3) is 0 Å². The number of amides is 1. The molecule has 1 aromatic carbocycles. The molecular formula is C14H20N2O2. The van der Waals surface area contributed by atoms with Gasteiger partial charge in [-0.25, -0.2) is 4.79 Å². The average Bonchev–Trinajstić information content (AvgIpc) is 2.96. The highest BCUT2D eigenvalue weighted by molar-refractivity contribution is 5.67. The van der Waals surface area contributed by atoms with Gasteiger partial charge in [0.1, 0.15) is 0 Å². The Labute approximate surface area is 107 Å². The molecule has 2 unspecified atom stereocenters. The van der Waals surface area contributed by atoms with Crippen LogP contribution >= 0.6 is 0 Å². The molecule has 3 N–H and O–H groups in total. The first-order valence-electron chi connectivity index (χ1n) is 6.18. The predicted octanol–water partition coefficient (Wildman–Crippen LogP) is 2.90. The monoisotopic (exact) mass is 248 g/mol. The van der Waals surface area contributed by atoms with Crippen LogP contribution < -0.4 is 5.73 Å². The smallest absolute Gasteiger partial charge is 0.408 e. The van der Waals surface area contributed by atoms with Crippen molar-refractivity contribution in [3.8, 4) is 0 Å². The molecule has 0 saturated heterocycles. The summed E-state index contributed by atoms with van der Waals surface area (Å²) < 4.78 is 0. The third kappa shape index (κ3) is 2.42. The van der Waals surface area contributed by atoms with Crippen LogP contribution in [0.15, 0.2) is 24.3 Å². The first-order chi connectivity index (χ1) is 8.30. The molecule has 0 spiro atoms. The molecule has 2 atom stereocenters. The minimum atomic E-state index is -0.842. The van der Waals surface area contributed by atoms with Crippen molar-refractivity contribution in [3.63, 3.8) is 0 Å². The van der Waals surface area contributed by atoms with Gasteiger partial charge in [-0.3, -0.25) is 4.90 Å². The molecule has 0 bridgehead atoms. The van der Waals surface area contributed by atoms with E-state index in [4.69, 9.17) is 5.73 Å². The molecule has 1 amide bonds. The van der Waals surface area contributed by atoms with Crippen molar-refractivity contribution < 1.29 is 9.90 Å². The summed E-state index contributed by atoms with van der Waals surface area (Å²) in [6.07, 6.45) is 0.0541. The molecule has 4 heteroatoms. The minimum absolute atomic E-state index is 0.0890. The minimum Gasteiger partial charge on any atom is -0.465 e. The van der Waals surface area contributed by atoms with Gasteiger partial charge in [0.05, 0.1) is 0 Å². The van der Waals surface area contributed by atoms with Gasteiger partial charge in [-0.05, 0) is 44.9 Å². The zero-order valence-electron chi connectivity index (χ0n) is 11.1. The standard InChI is InChI=1S/C14H20N2O2/c1-14(2,3)16(13(17)18)12-8-11(12)9-4-6-10(15)7-5-9/h4-7,11-12H,8,15H2,1-3H3,(H,17,18). The maximum Gasteiger partial charge on any atom is 0.408 e. The van der Waals surface area contributed by atoms with Crippen LogP contribution in [0.4, 0.5) is 10.5 Å². The maximum absolute atomic E-state index is 11.4. The Balaban J connectivity index is 2.14. The zero-order chi connectivity index (χ0) is 13.5. The van der Waals surface area contributed by atoms with Crippen molar-refractivity contribution in [2.45, 2.75) is 44.7 Å². The molecule has 0 aliphatic heterocycles. The number of nitrogens with two attached hydrogens (primary N) is 1. The molecule has 4 nitrogen and oxygen atoms in total. The number of nitrogen functional groups attached to an aromatic ring is 1. The van der Waals surface area contributed by atoms with Gasteiger partial charge in [0.2, 0.25) is 0 Å². The lowest BCUT2D eigenvalue weighted by atomic mass is 10.0. The number of nitrogens with zero attached hydrogens (tertiary/aromatic N) is 1. The quantitative estimate of drug-likeness (QED) is 0.791. The summed E-state index contributed by atoms with van der Waals surface area (Å²) in [7, 11) is 0. The van der Waals surface area contributed by atoms with E-state index in [0.29, 0.717) is 5.92 Å². The molecule has 18 heavy (non-hydrogen) atoms. The topological polar surface area (TPSA) is 66.6 Å². The Morgan fingerprint density at radius 3 is 2.33 bits per heavy atom. The van der Waals surface area contributed by atoms with E-state index in [1.807, 2.05) is 45.0 Å². The molecular weight excluding hydrogens is 228 g/mol. The van der Waals surface area contributed by atoms with Crippen LogP contribution in [0.25, 0.3) is 0 Å². The van der Waals surface area contributed by atoms with Crippen LogP contribution in [-0.2, 0) is 0 Å². The maximum atomic E-state index is 11.4. The van der Waals surface area contributed by atoms with Gasteiger partial charge < -0.3 is 10.8 Å². The fourth-order valence-corrected chi connectivity index (χ4v) is 2.49. The van der Waals surface area contributed by atoms with Crippen molar-refractivity contribution in [1.82, 2.24) is 4.90 Å². The highest BCUT2D eigenvalue weighted by Crippen LogP contribution is 2.47. The molecule has 2 rings (SSSR count). The van der Waals surface area contributed by atoms with E-state index in [2.05, 4.69) is 0 Å². The van der Waals surface area contributed by atoms with E-state index in [-0.39, 0.29) is 11.6 Å². The van der Waals surface area contributed by atoms with Crippen molar-refractivity contribution >= 4 is 11.8 Å². The number of carboxylic acid groups (broad SMARTS) is 1. The summed E-state index contributed by atoms with van der Waals surface area (Å²) in [5.74, 6) is 0.306. The van der Waals surface area contributed by atoms with Crippen LogP contribution in [0.2, 0.25) is 0 Å². The number of hydrogen-bond donors (Lipinski definition) is 2. The number of rotatable bonds is 2. The van der Waals surface area contributed by atoms with Gasteiger partial charge in [-0.1, -0.05) is 12.1 Å². The molecule has 0 aromatic heterocycles. The van der Waals surface area contributed by atoms with Crippen LogP contribution in [0.3, 0.4) is 0 Å². The largest absolute Gasteiger partial charge is 0.465 e. The molecule has 1 aliphatic carbocycles. The van der Waals surface area contributed by atoms with E-state index < -0.39 is 6.09 Å². The lowest BCUT2D eigenvalue weighted by Crippen LogP contribution is -2.46. The summed E-state index contributed by atoms with van der Waals surface area (Å²) in [6, 6.07) is 7.80. The second-order valence-electron chi connectivity index (χ2n) is 5.90. The van der Waals surface area contributed by atoms with Gasteiger partial charge in [-0.2, -0.15) is 0 Å². The van der Waals surface area contributed by atoms with E-state index >= 15 is 0 Å². The summed E-state index contributed by atoms with van der Waals surface area (Å²) in [5.41, 5.74) is 7.20. The first kappa shape index (κ1) is 12.7. The molecule has 0 heterocycles. The molecule has 1 aromatic rings. The van der Waals surface area contributed by atoms with E-state index in [1.54, 1.807) is 4.90 Å². The predicted molar refractivity (Wildman–Crippen MR) is 71.6 cm³/mol. The number of carbonyl (C=O) groups is 1. The van der Waals surface area contributed by atoms with Crippen LogP contribution in [-0.4, -0.2) is 27.7 Å². The lowest BCUT2D eigenvalue weighted by molar-refractivity contribution is 0.0940. The Morgan fingerprint density at radius 1 is 1.33 bits per heavy atom. The fourth-order valence-electron chi connectivity index (χ4n) is 2.49. The zero-order valence-corrected chi connectivity index (χ0v) is 11.1. The summed E-state index contributed by atoms with van der Waals surface area (Å²) >= 11 is 0. The van der Waals surface area contributed by atoms with E-state index in [9.17, 15) is 9.90 Å². The van der Waals surface area contributed by atoms with E-state index in [0.717, 1.165) is 12.1 Å². The van der Waals surface area contributed by atoms with Crippen LogP contribution in [0.1, 0.15) is 38.7 Å². The third-order valence-electron chi connectivity index (χ3n) is 3.38. The number of benzene rings is 1. The van der Waals surface area contributed by atoms with Crippen molar-refractivity contribution in [2.24, 2.45) is 0 Å². The fraction of sp³-hybridized carbons (Fsp3) is 0.500. The van der Waals surface area contributed by atoms with Crippen molar-refractivity contribution in [2.75, 3.05) is 5.73 Å². The Hall–Kier alpha value is -1.71. The lowest BCUT2D eigenvalue weighted by Gasteiger charge is -2.33. The van der Waals surface area contributed by atoms with E-state index in [1.165, 1.54) is 5.56 Å². The second-order valence-corrected chi connectivity index (χ2v) is 5.90. The molecule has 98 valence electrons. The van der Waals surface area contributed by atoms with Crippen LogP contribution in [0, 0.1) is 0 Å². The van der Waals surface area contributed by atoms with Gasteiger partial charge in [0, 0.05) is 23.2 Å². The third-order valence-corrected chi connectivity index (χ3v) is 3.38. The normalized spacial score (nSPS) is 22.6. The molecule has 1 fully saturated rings. The Bertz CT molecular complexity index is 448. The highest BCUT2D eigenvalue weighted by atomic mass is 16.4. The first-order valence-corrected chi connectivity index (χ1v) is 6.18. The van der Waals surface area contributed by atoms with Gasteiger partial charge in [-0.15, -0.1) is 0 Å². The molecule has 1 aliphatic rings. The SMILES string of the molecule is CC(C)(C)N(C(=O)O)C1CC1c1ccc(N)cc1. The molecule has 0 radical (unpaired) electrons. The summed E-state index contributed by atoms with van der Waals surface area (Å²) in [4.78, 5) is 12.9. The highest BCUT2D eigenvalue weighted by Gasteiger charge is 2.48. The van der Waals surface area contributed by atoms with Crippen LogP contribution in [0.5, 0.6) is 0 Å². The number of hydrogen-bond acceptors (Lipinski definition) is 2. The van der Waals surface area contributed by atoms with Gasteiger partial charge >= 0.3 is 6.09 Å². The van der Waals surface area contributed by atoms with Crippen molar-refractivity contribution in [3.05, 3.63) is 29.8 Å². The van der Waals surface area contributed by atoms with Gasteiger partial charge in [0.15, 0.2) is 0 Å². The Morgan fingerprint density at radius 2 is 1.89 bits per heavy atom. The summed E-state index contributed by atoms with van der Waals surface area (Å²) in [6.45, 7) is 5.79. The summed E-state index contributed by atoms with van der Waals surface area (Å²) in [5, 5.41) is 9.33. The second kappa shape index (κ2) is 4.19. The average molecular weight is 248 g/mol. The Kier molecular flexibility index (Phi) is 2.97. The molecule has 1 saturated carbocycles.